The lowest BCUT2D eigenvalue weighted by atomic mass is 9.76. The lowest BCUT2D eigenvalue weighted by molar-refractivity contribution is 0.0189. The van der Waals surface area contributed by atoms with Gasteiger partial charge in [0.1, 0.15) is 0 Å². The fraction of sp³-hybridized carbons (Fsp3) is 0.818. The summed E-state index contributed by atoms with van der Waals surface area (Å²) < 4.78 is 5.93. The molecule has 0 unspecified atom stereocenters. The topological polar surface area (TPSA) is 9.23 Å². The molecule has 2 saturated carbocycles. The van der Waals surface area contributed by atoms with Gasteiger partial charge in [0.05, 0.1) is 12.7 Å². The minimum absolute atomic E-state index is 0.534. The summed E-state index contributed by atoms with van der Waals surface area (Å²) in [6, 6.07) is 0. The van der Waals surface area contributed by atoms with Gasteiger partial charge in [-0.2, -0.15) is 0 Å². The Morgan fingerprint density at radius 3 is 1.65 bits per heavy atom. The van der Waals surface area contributed by atoms with Crippen molar-refractivity contribution in [2.45, 2.75) is 89.6 Å². The predicted molar refractivity (Wildman–Crippen MR) is 101 cm³/mol. The van der Waals surface area contributed by atoms with Crippen molar-refractivity contribution >= 4 is 0 Å². The van der Waals surface area contributed by atoms with Crippen molar-refractivity contribution in [3.8, 4) is 0 Å². The van der Waals surface area contributed by atoms with Gasteiger partial charge in [0.15, 0.2) is 0 Å². The van der Waals surface area contributed by atoms with Crippen molar-refractivity contribution in [1.29, 1.82) is 0 Å². The first kappa shape index (κ1) is 18.8. The van der Waals surface area contributed by atoms with Crippen LogP contribution in [-0.4, -0.2) is 12.7 Å². The number of hydrogen-bond donors (Lipinski definition) is 0. The average Bonchev–Trinajstić information content (AvgIpc) is 2.60. The Bertz CT molecular complexity index is 319. The van der Waals surface area contributed by atoms with Gasteiger partial charge in [0.25, 0.3) is 0 Å². The minimum Gasteiger partial charge on any atom is -0.378 e. The molecular weight excluding hydrogens is 280 g/mol. The first-order chi connectivity index (χ1) is 11.3. The first-order valence-corrected chi connectivity index (χ1v) is 10.1. The van der Waals surface area contributed by atoms with Gasteiger partial charge in [-0.05, 0) is 62.7 Å². The lowest BCUT2D eigenvalue weighted by Gasteiger charge is -2.32. The van der Waals surface area contributed by atoms with Crippen LogP contribution in [-0.2, 0) is 4.74 Å². The zero-order chi connectivity index (χ0) is 16.3. The molecule has 132 valence electrons. The summed E-state index contributed by atoms with van der Waals surface area (Å²) in [7, 11) is 0. The third-order valence-corrected chi connectivity index (χ3v) is 6.20. The molecule has 0 aromatic heterocycles. The molecule has 2 rings (SSSR count). The molecule has 0 amide bonds. The first-order valence-electron chi connectivity index (χ1n) is 10.1. The second-order valence-corrected chi connectivity index (χ2v) is 7.92. The molecule has 0 saturated heterocycles. The maximum atomic E-state index is 5.93. The Kier molecular flexibility index (Phi) is 9.04. The van der Waals surface area contributed by atoms with E-state index in [1.54, 1.807) is 0 Å². The Morgan fingerprint density at radius 2 is 1.13 bits per heavy atom. The van der Waals surface area contributed by atoms with Crippen molar-refractivity contribution in [1.82, 2.24) is 0 Å². The molecule has 23 heavy (non-hydrogen) atoms. The van der Waals surface area contributed by atoms with Crippen molar-refractivity contribution in [2.24, 2.45) is 17.8 Å². The largest absolute Gasteiger partial charge is 0.378 e. The second kappa shape index (κ2) is 11.1. The Morgan fingerprint density at radius 1 is 0.652 bits per heavy atom. The molecule has 0 radical (unpaired) electrons. The summed E-state index contributed by atoms with van der Waals surface area (Å²) in [6.45, 7) is 8.48. The van der Waals surface area contributed by atoms with Gasteiger partial charge in [0.2, 0.25) is 0 Å². The van der Waals surface area contributed by atoms with Crippen LogP contribution in [0.25, 0.3) is 0 Å². The molecule has 2 fully saturated rings. The highest BCUT2D eigenvalue weighted by molar-refractivity contribution is 4.78. The molecule has 0 bridgehead atoms. The molecule has 2 aliphatic rings. The van der Waals surface area contributed by atoms with Crippen LogP contribution in [0.4, 0.5) is 0 Å². The van der Waals surface area contributed by atoms with Crippen LogP contribution < -0.4 is 0 Å². The number of rotatable bonds is 10. The van der Waals surface area contributed by atoms with Gasteiger partial charge in [-0.15, -0.1) is 13.2 Å². The summed E-state index contributed by atoms with van der Waals surface area (Å²) in [5.41, 5.74) is 0. The molecule has 0 aliphatic heterocycles. The van der Waals surface area contributed by atoms with E-state index in [4.69, 9.17) is 4.74 Å². The van der Waals surface area contributed by atoms with Gasteiger partial charge < -0.3 is 4.74 Å². The van der Waals surface area contributed by atoms with E-state index in [-0.39, 0.29) is 0 Å². The van der Waals surface area contributed by atoms with E-state index < -0.39 is 0 Å². The molecule has 0 spiro atoms. The van der Waals surface area contributed by atoms with Crippen LogP contribution in [0, 0.1) is 17.8 Å². The summed E-state index contributed by atoms with van der Waals surface area (Å²) >= 11 is 0. The average molecular weight is 319 g/mol. The fourth-order valence-electron chi connectivity index (χ4n) is 4.54. The van der Waals surface area contributed by atoms with Gasteiger partial charge >= 0.3 is 0 Å². The maximum Gasteiger partial charge on any atom is 0.0575 e. The molecule has 0 atom stereocenters. The molecule has 0 heterocycles. The molecule has 0 N–H and O–H groups in total. The lowest BCUT2D eigenvalue weighted by Crippen LogP contribution is -2.23. The highest BCUT2D eigenvalue weighted by Gasteiger charge is 2.24. The van der Waals surface area contributed by atoms with Gasteiger partial charge in [-0.1, -0.05) is 50.7 Å². The molecular formula is C22H38O. The van der Waals surface area contributed by atoms with E-state index >= 15 is 0 Å². The van der Waals surface area contributed by atoms with E-state index in [1.165, 1.54) is 77.0 Å². The Hall–Kier alpha value is -0.560. The smallest absolute Gasteiger partial charge is 0.0575 e. The predicted octanol–water partition coefficient (Wildman–Crippen LogP) is 6.69. The van der Waals surface area contributed by atoms with Crippen LogP contribution in [0.2, 0.25) is 0 Å². The summed E-state index contributed by atoms with van der Waals surface area (Å²) in [6.07, 6.45) is 22.4. The van der Waals surface area contributed by atoms with Crippen LogP contribution in [0.3, 0.4) is 0 Å². The van der Waals surface area contributed by atoms with Crippen LogP contribution in [0.1, 0.15) is 83.5 Å². The van der Waals surface area contributed by atoms with Crippen molar-refractivity contribution in [2.75, 3.05) is 6.61 Å². The Balaban J connectivity index is 1.52. The van der Waals surface area contributed by atoms with Crippen LogP contribution >= 0.6 is 0 Å². The third kappa shape index (κ3) is 7.25. The zero-order valence-electron chi connectivity index (χ0n) is 15.2. The highest BCUT2D eigenvalue weighted by atomic mass is 16.5. The minimum atomic E-state index is 0.534. The van der Waals surface area contributed by atoms with Crippen LogP contribution in [0.5, 0.6) is 0 Å². The Labute approximate surface area is 144 Å². The van der Waals surface area contributed by atoms with Gasteiger partial charge in [-0.3, -0.25) is 0 Å². The molecule has 2 aliphatic carbocycles. The number of ether oxygens (including phenoxy) is 1. The molecule has 1 nitrogen and oxygen atoms in total. The van der Waals surface area contributed by atoms with Crippen molar-refractivity contribution < 1.29 is 4.74 Å². The summed E-state index contributed by atoms with van der Waals surface area (Å²) in [5.74, 6) is 3.00. The van der Waals surface area contributed by atoms with E-state index in [9.17, 15) is 0 Å². The van der Waals surface area contributed by atoms with E-state index in [2.05, 4.69) is 19.2 Å². The maximum absolute atomic E-state index is 5.93. The van der Waals surface area contributed by atoms with E-state index in [1.807, 2.05) is 6.08 Å². The summed E-state index contributed by atoms with van der Waals surface area (Å²) in [5, 5.41) is 0. The highest BCUT2D eigenvalue weighted by Crippen LogP contribution is 2.37. The SMILES string of the molecule is C=CCCO[C@H]1CC[C@H](CC[C@H]2CC[C@H](CCC=C)CC2)CC1. The van der Waals surface area contributed by atoms with Crippen molar-refractivity contribution in [3.63, 3.8) is 0 Å². The fourth-order valence-corrected chi connectivity index (χ4v) is 4.54. The number of hydrogen-bond acceptors (Lipinski definition) is 1. The molecule has 1 heteroatoms. The molecule has 0 aromatic rings. The molecule has 0 aromatic carbocycles. The van der Waals surface area contributed by atoms with Crippen molar-refractivity contribution in [3.05, 3.63) is 25.3 Å². The van der Waals surface area contributed by atoms with E-state index in [0.717, 1.165) is 30.8 Å². The standard InChI is InChI=1S/C22H38O/c1-3-5-7-19-8-10-20(11-9-19)12-13-21-14-16-22(17-15-21)23-18-6-4-2/h3-4,19-22H,1-2,5-18H2/t19-,20-,21-,22-. The van der Waals surface area contributed by atoms with E-state index in [0.29, 0.717) is 6.10 Å². The van der Waals surface area contributed by atoms with Crippen LogP contribution in [0.15, 0.2) is 25.3 Å². The number of allylic oxidation sites excluding steroid dienone is 1. The third-order valence-electron chi connectivity index (χ3n) is 6.20. The monoisotopic (exact) mass is 318 g/mol. The van der Waals surface area contributed by atoms with Gasteiger partial charge in [-0.25, -0.2) is 0 Å². The quantitative estimate of drug-likeness (QED) is 0.322. The zero-order valence-corrected chi connectivity index (χ0v) is 15.2. The normalized spacial score (nSPS) is 31.7. The summed E-state index contributed by atoms with van der Waals surface area (Å²) in [4.78, 5) is 0. The van der Waals surface area contributed by atoms with Gasteiger partial charge in [0, 0.05) is 0 Å². The second-order valence-electron chi connectivity index (χ2n) is 7.92.